The second kappa shape index (κ2) is 7.63. The van der Waals surface area contributed by atoms with Gasteiger partial charge in [0.1, 0.15) is 5.60 Å². The SMILES string of the molecule is CC[C@H](CC(=O)OC)C(=O)N1C(=O)N(C)C[C@H]1C(=O)OC(C)(C)C. The molecule has 0 aromatic carbocycles. The molecule has 0 aromatic heterocycles. The maximum absolute atomic E-state index is 12.7. The van der Waals surface area contributed by atoms with Crippen LogP contribution in [-0.4, -0.2) is 66.0 Å². The van der Waals surface area contributed by atoms with E-state index in [-0.39, 0.29) is 13.0 Å². The Kier molecular flexibility index (Phi) is 6.34. The average Bonchev–Trinajstić information content (AvgIpc) is 2.78. The first-order valence-electron chi connectivity index (χ1n) is 7.89. The molecule has 0 radical (unpaired) electrons. The normalized spacial score (nSPS) is 19.2. The highest BCUT2D eigenvalue weighted by molar-refractivity contribution is 6.02. The summed E-state index contributed by atoms with van der Waals surface area (Å²) in [5.74, 6) is -2.46. The molecule has 0 spiro atoms. The van der Waals surface area contributed by atoms with E-state index in [9.17, 15) is 19.2 Å². The monoisotopic (exact) mass is 342 g/mol. The van der Waals surface area contributed by atoms with Crippen LogP contribution in [0.3, 0.4) is 0 Å². The van der Waals surface area contributed by atoms with E-state index >= 15 is 0 Å². The molecule has 0 unspecified atom stereocenters. The number of urea groups is 1. The fourth-order valence-corrected chi connectivity index (χ4v) is 2.42. The Morgan fingerprint density at radius 1 is 1.29 bits per heavy atom. The summed E-state index contributed by atoms with van der Waals surface area (Å²) in [4.78, 5) is 51.1. The lowest BCUT2D eigenvalue weighted by atomic mass is 10.00. The van der Waals surface area contributed by atoms with Crippen molar-refractivity contribution in [3.05, 3.63) is 0 Å². The number of imide groups is 1. The molecule has 0 saturated carbocycles. The summed E-state index contributed by atoms with van der Waals surface area (Å²) in [7, 11) is 2.74. The molecule has 1 heterocycles. The molecule has 2 atom stereocenters. The predicted molar refractivity (Wildman–Crippen MR) is 84.9 cm³/mol. The van der Waals surface area contributed by atoms with Gasteiger partial charge in [0.15, 0.2) is 6.04 Å². The predicted octanol–water partition coefficient (Wildman–Crippen LogP) is 1.18. The van der Waals surface area contributed by atoms with Crippen molar-refractivity contribution in [1.29, 1.82) is 0 Å². The average molecular weight is 342 g/mol. The zero-order valence-electron chi connectivity index (χ0n) is 15.1. The molecule has 0 bridgehead atoms. The molecular formula is C16H26N2O6. The van der Waals surface area contributed by atoms with Gasteiger partial charge in [-0.1, -0.05) is 6.92 Å². The van der Waals surface area contributed by atoms with E-state index in [0.717, 1.165) is 4.90 Å². The molecule has 1 saturated heterocycles. The fraction of sp³-hybridized carbons (Fsp3) is 0.750. The Labute approximate surface area is 142 Å². The molecule has 0 aliphatic carbocycles. The minimum Gasteiger partial charge on any atom is -0.469 e. The van der Waals surface area contributed by atoms with Crippen molar-refractivity contribution in [2.24, 2.45) is 5.92 Å². The Bertz CT molecular complexity index is 525. The molecule has 0 N–H and O–H groups in total. The maximum atomic E-state index is 12.7. The van der Waals surface area contributed by atoms with Crippen molar-refractivity contribution in [3.8, 4) is 0 Å². The lowest BCUT2D eigenvalue weighted by molar-refractivity contribution is -0.162. The Balaban J connectivity index is 3.01. The van der Waals surface area contributed by atoms with Crippen LogP contribution < -0.4 is 0 Å². The number of carbonyl (C=O) groups excluding carboxylic acids is 4. The van der Waals surface area contributed by atoms with Gasteiger partial charge in [-0.3, -0.25) is 9.59 Å². The highest BCUT2D eigenvalue weighted by atomic mass is 16.6. The van der Waals surface area contributed by atoms with E-state index in [1.165, 1.54) is 19.1 Å². The summed E-state index contributed by atoms with van der Waals surface area (Å²) < 4.78 is 9.90. The number of carbonyl (C=O) groups is 4. The molecule has 1 fully saturated rings. The van der Waals surface area contributed by atoms with Crippen LogP contribution in [0.1, 0.15) is 40.5 Å². The summed E-state index contributed by atoms with van der Waals surface area (Å²) in [6, 6.07) is -1.58. The van der Waals surface area contributed by atoms with Crippen LogP contribution in [0.25, 0.3) is 0 Å². The van der Waals surface area contributed by atoms with Crippen LogP contribution in [0, 0.1) is 5.92 Å². The third-order valence-electron chi connectivity index (χ3n) is 3.69. The van der Waals surface area contributed by atoms with E-state index in [2.05, 4.69) is 4.74 Å². The number of rotatable bonds is 5. The number of nitrogens with zero attached hydrogens (tertiary/aromatic N) is 2. The number of esters is 2. The van der Waals surface area contributed by atoms with E-state index in [0.29, 0.717) is 6.42 Å². The minimum atomic E-state index is -1.01. The second-order valence-electron chi connectivity index (χ2n) is 6.81. The standard InChI is InChI=1S/C16H26N2O6/c1-7-10(8-12(19)23-6)13(20)18-11(9-17(5)15(18)22)14(21)24-16(2,3)4/h10-11H,7-9H2,1-6H3/t10-,11+/m1/s1. The van der Waals surface area contributed by atoms with Crippen LogP contribution in [0.2, 0.25) is 0 Å². The van der Waals surface area contributed by atoms with Crippen molar-refractivity contribution >= 4 is 23.9 Å². The first-order valence-corrected chi connectivity index (χ1v) is 7.89. The Morgan fingerprint density at radius 3 is 2.33 bits per heavy atom. The minimum absolute atomic E-state index is 0.0636. The van der Waals surface area contributed by atoms with Crippen molar-refractivity contribution in [3.63, 3.8) is 0 Å². The van der Waals surface area contributed by atoms with Gasteiger partial charge in [-0.25, -0.2) is 14.5 Å². The third kappa shape index (κ3) is 4.69. The van der Waals surface area contributed by atoms with Gasteiger partial charge in [-0.2, -0.15) is 0 Å². The molecular weight excluding hydrogens is 316 g/mol. The van der Waals surface area contributed by atoms with Gasteiger partial charge in [0.05, 0.1) is 20.1 Å². The number of amides is 3. The second-order valence-corrected chi connectivity index (χ2v) is 6.81. The smallest absolute Gasteiger partial charge is 0.331 e. The number of hydrogen-bond donors (Lipinski definition) is 0. The lowest BCUT2D eigenvalue weighted by Crippen LogP contribution is -2.48. The third-order valence-corrected chi connectivity index (χ3v) is 3.69. The van der Waals surface area contributed by atoms with Crippen molar-refractivity contribution in [1.82, 2.24) is 9.80 Å². The molecule has 0 aromatic rings. The zero-order chi connectivity index (χ0) is 18.7. The Hall–Kier alpha value is -2.12. The van der Waals surface area contributed by atoms with E-state index in [4.69, 9.17) is 4.74 Å². The largest absolute Gasteiger partial charge is 0.469 e. The van der Waals surface area contributed by atoms with Gasteiger partial charge in [-0.15, -0.1) is 0 Å². The summed E-state index contributed by atoms with van der Waals surface area (Å²) in [5.41, 5.74) is -0.730. The molecule has 8 nitrogen and oxygen atoms in total. The summed E-state index contributed by atoms with van der Waals surface area (Å²) >= 11 is 0. The molecule has 1 rings (SSSR count). The summed E-state index contributed by atoms with van der Waals surface area (Å²) in [6.07, 6.45) is 0.211. The summed E-state index contributed by atoms with van der Waals surface area (Å²) in [6.45, 7) is 6.93. The van der Waals surface area contributed by atoms with Crippen LogP contribution in [0.4, 0.5) is 4.79 Å². The van der Waals surface area contributed by atoms with Crippen molar-refractivity contribution in [2.45, 2.75) is 52.2 Å². The van der Waals surface area contributed by atoms with Gasteiger partial charge in [-0.05, 0) is 27.2 Å². The summed E-state index contributed by atoms with van der Waals surface area (Å²) in [5, 5.41) is 0. The number of likely N-dealkylation sites (N-methyl/N-ethyl adjacent to an activating group) is 1. The fourth-order valence-electron chi connectivity index (χ4n) is 2.42. The Morgan fingerprint density at radius 2 is 1.88 bits per heavy atom. The molecule has 1 aliphatic heterocycles. The van der Waals surface area contributed by atoms with Crippen LogP contribution in [-0.2, 0) is 23.9 Å². The highest BCUT2D eigenvalue weighted by Gasteiger charge is 2.47. The molecule has 136 valence electrons. The molecule has 1 aliphatic rings. The molecule has 24 heavy (non-hydrogen) atoms. The first kappa shape index (κ1) is 19.9. The molecule has 8 heteroatoms. The van der Waals surface area contributed by atoms with Gasteiger partial charge in [0.25, 0.3) is 0 Å². The van der Waals surface area contributed by atoms with E-state index < -0.39 is 41.4 Å². The van der Waals surface area contributed by atoms with Crippen molar-refractivity contribution < 1.29 is 28.7 Å². The lowest BCUT2D eigenvalue weighted by Gasteiger charge is -2.27. The van der Waals surface area contributed by atoms with Crippen LogP contribution in [0.15, 0.2) is 0 Å². The van der Waals surface area contributed by atoms with E-state index in [1.54, 1.807) is 27.7 Å². The molecule has 3 amide bonds. The number of hydrogen-bond acceptors (Lipinski definition) is 6. The van der Waals surface area contributed by atoms with Gasteiger partial charge in [0.2, 0.25) is 5.91 Å². The van der Waals surface area contributed by atoms with Crippen LogP contribution in [0.5, 0.6) is 0 Å². The number of ether oxygens (including phenoxy) is 2. The van der Waals surface area contributed by atoms with Gasteiger partial charge >= 0.3 is 18.0 Å². The van der Waals surface area contributed by atoms with Crippen molar-refractivity contribution in [2.75, 3.05) is 20.7 Å². The first-order chi connectivity index (χ1) is 11.0. The van der Waals surface area contributed by atoms with Crippen LogP contribution >= 0.6 is 0 Å². The topological polar surface area (TPSA) is 93.2 Å². The van der Waals surface area contributed by atoms with Gasteiger partial charge < -0.3 is 14.4 Å². The number of methoxy groups -OCH3 is 1. The quantitative estimate of drug-likeness (QED) is 0.697. The zero-order valence-corrected chi connectivity index (χ0v) is 15.1. The highest BCUT2D eigenvalue weighted by Crippen LogP contribution is 2.23. The maximum Gasteiger partial charge on any atom is 0.331 e. The van der Waals surface area contributed by atoms with Gasteiger partial charge in [0, 0.05) is 13.0 Å². The van der Waals surface area contributed by atoms with E-state index in [1.807, 2.05) is 0 Å².